The predicted octanol–water partition coefficient (Wildman–Crippen LogP) is 2.57. The topological polar surface area (TPSA) is 52.1 Å². The summed E-state index contributed by atoms with van der Waals surface area (Å²) in [5.74, 6) is -0.363. The van der Waals surface area contributed by atoms with E-state index < -0.39 is 0 Å². The van der Waals surface area contributed by atoms with Crippen LogP contribution in [0.4, 0.5) is 0 Å². The van der Waals surface area contributed by atoms with E-state index in [0.717, 1.165) is 21.8 Å². The number of methoxy groups -OCH3 is 1. The van der Waals surface area contributed by atoms with Crippen LogP contribution in [0.25, 0.3) is 21.8 Å². The predicted molar refractivity (Wildman–Crippen MR) is 68.4 cm³/mol. The Balaban J connectivity index is 2.43. The Labute approximate surface area is 103 Å². The molecule has 0 atom stereocenters. The highest BCUT2D eigenvalue weighted by Gasteiger charge is 2.12. The first kappa shape index (κ1) is 10.7. The minimum Gasteiger partial charge on any atom is -0.465 e. The maximum atomic E-state index is 11.7. The average molecular weight is 238 g/mol. The van der Waals surface area contributed by atoms with Crippen molar-refractivity contribution in [2.24, 2.45) is 0 Å². The molecule has 0 aliphatic rings. The van der Waals surface area contributed by atoms with Crippen molar-refractivity contribution >= 4 is 27.8 Å². The van der Waals surface area contributed by atoms with Crippen LogP contribution in [0.1, 0.15) is 10.4 Å². The van der Waals surface area contributed by atoms with Crippen LogP contribution < -0.4 is 0 Å². The molecular weight excluding hydrogens is 228 g/mol. The summed E-state index contributed by atoms with van der Waals surface area (Å²) in [4.78, 5) is 20.3. The van der Waals surface area contributed by atoms with Gasteiger partial charge in [-0.2, -0.15) is 0 Å². The molecule has 0 unspecified atom stereocenters. The Morgan fingerprint density at radius 3 is 2.72 bits per heavy atom. The molecule has 3 aromatic rings. The summed E-state index contributed by atoms with van der Waals surface area (Å²) in [6, 6.07) is 9.30. The van der Waals surface area contributed by atoms with Crippen LogP contribution >= 0.6 is 0 Å². The van der Waals surface area contributed by atoms with Crippen molar-refractivity contribution in [3.05, 3.63) is 48.3 Å². The van der Waals surface area contributed by atoms with Gasteiger partial charge < -0.3 is 4.74 Å². The smallest absolute Gasteiger partial charge is 0.338 e. The van der Waals surface area contributed by atoms with Crippen LogP contribution in [0.5, 0.6) is 0 Å². The van der Waals surface area contributed by atoms with E-state index in [0.29, 0.717) is 5.56 Å². The van der Waals surface area contributed by atoms with Crippen LogP contribution in [0, 0.1) is 0 Å². The van der Waals surface area contributed by atoms with Gasteiger partial charge in [-0.15, -0.1) is 0 Å². The molecule has 0 radical (unpaired) electrons. The molecule has 0 saturated heterocycles. The molecule has 0 bridgehead atoms. The number of fused-ring (bicyclic) bond motifs is 3. The molecular formula is C14H10N2O2. The second-order valence-electron chi connectivity index (χ2n) is 3.89. The normalized spacial score (nSPS) is 10.7. The molecule has 4 heteroatoms. The van der Waals surface area contributed by atoms with Gasteiger partial charge in [0.15, 0.2) is 0 Å². The lowest BCUT2D eigenvalue weighted by Gasteiger charge is -2.06. The first-order chi connectivity index (χ1) is 8.81. The summed E-state index contributed by atoms with van der Waals surface area (Å²) in [6.45, 7) is 0. The quantitative estimate of drug-likeness (QED) is 0.483. The van der Waals surface area contributed by atoms with Gasteiger partial charge >= 0.3 is 5.97 Å². The number of esters is 1. The number of aromatic nitrogens is 2. The molecule has 1 aromatic carbocycles. The van der Waals surface area contributed by atoms with E-state index in [1.165, 1.54) is 7.11 Å². The van der Waals surface area contributed by atoms with Crippen LogP contribution in [0.3, 0.4) is 0 Å². The van der Waals surface area contributed by atoms with Gasteiger partial charge in [-0.1, -0.05) is 18.2 Å². The van der Waals surface area contributed by atoms with Gasteiger partial charge in [-0.25, -0.2) is 4.79 Å². The summed E-state index contributed by atoms with van der Waals surface area (Å²) in [5.41, 5.74) is 2.02. The Kier molecular flexibility index (Phi) is 2.41. The Bertz CT molecular complexity index is 753. The number of carbonyl (C=O) groups is 1. The van der Waals surface area contributed by atoms with Crippen molar-refractivity contribution in [3.8, 4) is 0 Å². The van der Waals surface area contributed by atoms with Gasteiger partial charge in [-0.05, 0) is 12.1 Å². The molecule has 2 heterocycles. The van der Waals surface area contributed by atoms with Gasteiger partial charge in [0.05, 0.1) is 23.7 Å². The molecule has 88 valence electrons. The highest BCUT2D eigenvalue weighted by atomic mass is 16.5. The fourth-order valence-corrected chi connectivity index (χ4v) is 2.04. The van der Waals surface area contributed by atoms with Gasteiger partial charge in [0.1, 0.15) is 0 Å². The monoisotopic (exact) mass is 238 g/mol. The Hall–Kier alpha value is -2.49. The largest absolute Gasteiger partial charge is 0.465 e. The van der Waals surface area contributed by atoms with E-state index in [1.807, 2.05) is 24.3 Å². The number of hydrogen-bond acceptors (Lipinski definition) is 4. The zero-order valence-electron chi connectivity index (χ0n) is 9.75. The molecule has 3 rings (SSSR count). The molecule has 0 aliphatic carbocycles. The van der Waals surface area contributed by atoms with Gasteiger partial charge in [0, 0.05) is 23.2 Å². The van der Waals surface area contributed by atoms with Crippen molar-refractivity contribution < 1.29 is 9.53 Å². The van der Waals surface area contributed by atoms with E-state index in [4.69, 9.17) is 4.74 Å². The first-order valence-corrected chi connectivity index (χ1v) is 5.52. The molecule has 0 saturated carbocycles. The lowest BCUT2D eigenvalue weighted by atomic mass is 10.1. The average Bonchev–Trinajstić information content (AvgIpc) is 2.45. The maximum Gasteiger partial charge on any atom is 0.338 e. The highest BCUT2D eigenvalue weighted by Crippen LogP contribution is 2.24. The van der Waals surface area contributed by atoms with E-state index >= 15 is 0 Å². The fraction of sp³-hybridized carbons (Fsp3) is 0.0714. The van der Waals surface area contributed by atoms with Crippen LogP contribution in [0.15, 0.2) is 42.7 Å². The fourth-order valence-electron chi connectivity index (χ4n) is 2.04. The van der Waals surface area contributed by atoms with Gasteiger partial charge in [-0.3, -0.25) is 9.97 Å². The second kappa shape index (κ2) is 4.07. The standard InChI is InChI=1S/C14H10N2O2/c1-18-14(17)11-6-8-16-13-10(11)5-4-9-3-2-7-15-12(9)13/h2-8H,1H3. The van der Waals surface area contributed by atoms with Crippen molar-refractivity contribution in [1.82, 2.24) is 9.97 Å². The lowest BCUT2D eigenvalue weighted by molar-refractivity contribution is 0.0603. The van der Waals surface area contributed by atoms with Crippen LogP contribution in [0.2, 0.25) is 0 Å². The van der Waals surface area contributed by atoms with E-state index in [2.05, 4.69) is 9.97 Å². The summed E-state index contributed by atoms with van der Waals surface area (Å²) in [6.07, 6.45) is 3.32. The third-order valence-corrected chi connectivity index (χ3v) is 2.89. The number of nitrogens with zero attached hydrogens (tertiary/aromatic N) is 2. The molecule has 4 nitrogen and oxygen atoms in total. The summed E-state index contributed by atoms with van der Waals surface area (Å²) in [7, 11) is 1.37. The summed E-state index contributed by atoms with van der Waals surface area (Å²) in [5, 5.41) is 1.76. The number of pyridine rings is 2. The van der Waals surface area contributed by atoms with Crippen LogP contribution in [-0.2, 0) is 4.74 Å². The van der Waals surface area contributed by atoms with Gasteiger partial charge in [0.25, 0.3) is 0 Å². The molecule has 0 spiro atoms. The van der Waals surface area contributed by atoms with Crippen molar-refractivity contribution in [2.45, 2.75) is 0 Å². The summed E-state index contributed by atoms with van der Waals surface area (Å²) >= 11 is 0. The third kappa shape index (κ3) is 1.50. The number of rotatable bonds is 1. The highest BCUT2D eigenvalue weighted by molar-refractivity contribution is 6.10. The Morgan fingerprint density at radius 1 is 1.06 bits per heavy atom. The van der Waals surface area contributed by atoms with E-state index in [9.17, 15) is 4.79 Å². The third-order valence-electron chi connectivity index (χ3n) is 2.89. The van der Waals surface area contributed by atoms with Gasteiger partial charge in [0.2, 0.25) is 0 Å². The minimum atomic E-state index is -0.363. The number of carbonyl (C=O) groups excluding carboxylic acids is 1. The van der Waals surface area contributed by atoms with E-state index in [1.54, 1.807) is 18.5 Å². The second-order valence-corrected chi connectivity index (χ2v) is 3.89. The first-order valence-electron chi connectivity index (χ1n) is 5.52. The van der Waals surface area contributed by atoms with Crippen molar-refractivity contribution in [3.63, 3.8) is 0 Å². The lowest BCUT2D eigenvalue weighted by Crippen LogP contribution is -2.02. The maximum absolute atomic E-state index is 11.7. The zero-order valence-corrected chi connectivity index (χ0v) is 9.75. The Morgan fingerprint density at radius 2 is 1.89 bits per heavy atom. The molecule has 0 N–H and O–H groups in total. The van der Waals surface area contributed by atoms with Crippen molar-refractivity contribution in [1.29, 1.82) is 0 Å². The molecule has 18 heavy (non-hydrogen) atoms. The number of benzene rings is 1. The van der Waals surface area contributed by atoms with Crippen molar-refractivity contribution in [2.75, 3.05) is 7.11 Å². The molecule has 0 amide bonds. The molecule has 2 aromatic heterocycles. The minimum absolute atomic E-state index is 0.363. The van der Waals surface area contributed by atoms with E-state index in [-0.39, 0.29) is 5.97 Å². The number of ether oxygens (including phenoxy) is 1. The molecule has 0 fully saturated rings. The number of hydrogen-bond donors (Lipinski definition) is 0. The zero-order chi connectivity index (χ0) is 12.5. The van der Waals surface area contributed by atoms with Crippen LogP contribution in [-0.4, -0.2) is 23.0 Å². The summed E-state index contributed by atoms with van der Waals surface area (Å²) < 4.78 is 4.77. The molecule has 0 aliphatic heterocycles. The SMILES string of the molecule is COC(=O)c1ccnc2c1ccc1cccnc12.